The summed E-state index contributed by atoms with van der Waals surface area (Å²) in [5.41, 5.74) is 6.54. The highest BCUT2D eigenvalue weighted by atomic mass is 79.9. The van der Waals surface area contributed by atoms with Crippen molar-refractivity contribution in [3.63, 3.8) is 0 Å². The van der Waals surface area contributed by atoms with E-state index in [0.29, 0.717) is 17.2 Å². The standard InChI is InChI=1S/C22H17BrN4O/c1-14-6-8-15(9-7-14)21-25-19-5-3-2-4-18(19)22(26-21)27-24-13-16-12-17(23)10-11-20(16)28/h2-13,28H,1H3,(H,25,26,27). The summed E-state index contributed by atoms with van der Waals surface area (Å²) in [4.78, 5) is 9.34. The number of aryl methyl sites for hydroxylation is 1. The van der Waals surface area contributed by atoms with E-state index < -0.39 is 0 Å². The Bertz CT molecular complexity index is 1170. The number of para-hydroxylation sites is 1. The molecule has 2 N–H and O–H groups in total. The molecular weight excluding hydrogens is 416 g/mol. The van der Waals surface area contributed by atoms with Crippen molar-refractivity contribution < 1.29 is 5.11 Å². The Morgan fingerprint density at radius 3 is 2.61 bits per heavy atom. The van der Waals surface area contributed by atoms with Gasteiger partial charge in [-0.25, -0.2) is 9.97 Å². The minimum Gasteiger partial charge on any atom is -0.507 e. The number of aromatic hydroxyl groups is 1. The smallest absolute Gasteiger partial charge is 0.162 e. The summed E-state index contributed by atoms with van der Waals surface area (Å²) in [7, 11) is 0. The highest BCUT2D eigenvalue weighted by Crippen LogP contribution is 2.25. The summed E-state index contributed by atoms with van der Waals surface area (Å²) < 4.78 is 0.862. The van der Waals surface area contributed by atoms with E-state index in [2.05, 4.69) is 36.4 Å². The zero-order valence-corrected chi connectivity index (χ0v) is 16.7. The van der Waals surface area contributed by atoms with E-state index in [9.17, 15) is 5.11 Å². The maximum atomic E-state index is 9.95. The summed E-state index contributed by atoms with van der Waals surface area (Å²) in [6.07, 6.45) is 1.56. The Kier molecular flexibility index (Phi) is 5.04. The van der Waals surface area contributed by atoms with Crippen LogP contribution < -0.4 is 5.43 Å². The van der Waals surface area contributed by atoms with Gasteiger partial charge in [0.2, 0.25) is 0 Å². The lowest BCUT2D eigenvalue weighted by Gasteiger charge is -2.08. The zero-order chi connectivity index (χ0) is 19.5. The Morgan fingerprint density at radius 2 is 1.79 bits per heavy atom. The van der Waals surface area contributed by atoms with Gasteiger partial charge in [-0.3, -0.25) is 5.43 Å². The van der Waals surface area contributed by atoms with Gasteiger partial charge in [-0.2, -0.15) is 5.10 Å². The lowest BCUT2D eigenvalue weighted by molar-refractivity contribution is 0.474. The number of phenols is 1. The molecule has 0 saturated carbocycles. The van der Waals surface area contributed by atoms with Gasteiger partial charge >= 0.3 is 0 Å². The normalized spacial score (nSPS) is 11.2. The van der Waals surface area contributed by atoms with Crippen LogP contribution in [0.3, 0.4) is 0 Å². The van der Waals surface area contributed by atoms with Crippen LogP contribution in [0.15, 0.2) is 76.3 Å². The molecule has 0 unspecified atom stereocenters. The van der Waals surface area contributed by atoms with Crippen LogP contribution in [0.25, 0.3) is 22.3 Å². The molecule has 1 heterocycles. The number of halogens is 1. The molecule has 138 valence electrons. The van der Waals surface area contributed by atoms with Gasteiger partial charge < -0.3 is 5.11 Å². The third-order valence-electron chi connectivity index (χ3n) is 4.28. The largest absolute Gasteiger partial charge is 0.507 e. The average Bonchev–Trinajstić information content (AvgIpc) is 2.71. The van der Waals surface area contributed by atoms with Crippen molar-refractivity contribution in [2.24, 2.45) is 5.10 Å². The molecule has 0 radical (unpaired) electrons. The molecule has 0 atom stereocenters. The number of rotatable bonds is 4. The van der Waals surface area contributed by atoms with Crippen LogP contribution in [0.1, 0.15) is 11.1 Å². The Hall–Kier alpha value is -3.25. The van der Waals surface area contributed by atoms with E-state index in [0.717, 1.165) is 20.9 Å². The molecule has 4 rings (SSSR count). The molecule has 0 saturated heterocycles. The second-order valence-electron chi connectivity index (χ2n) is 6.35. The van der Waals surface area contributed by atoms with Gasteiger partial charge in [-0.05, 0) is 37.3 Å². The first-order chi connectivity index (χ1) is 13.6. The number of aromatic nitrogens is 2. The first-order valence-corrected chi connectivity index (χ1v) is 9.51. The molecule has 28 heavy (non-hydrogen) atoms. The van der Waals surface area contributed by atoms with Crippen LogP contribution in [0.5, 0.6) is 5.75 Å². The van der Waals surface area contributed by atoms with E-state index in [-0.39, 0.29) is 5.75 Å². The summed E-state index contributed by atoms with van der Waals surface area (Å²) in [6, 6.07) is 21.0. The van der Waals surface area contributed by atoms with E-state index >= 15 is 0 Å². The summed E-state index contributed by atoms with van der Waals surface area (Å²) in [6.45, 7) is 2.05. The number of phenolic OH excluding ortho intramolecular Hbond substituents is 1. The fourth-order valence-corrected chi connectivity index (χ4v) is 3.16. The van der Waals surface area contributed by atoms with Gasteiger partial charge in [0.15, 0.2) is 11.6 Å². The maximum Gasteiger partial charge on any atom is 0.162 e. The van der Waals surface area contributed by atoms with Crippen LogP contribution in [-0.4, -0.2) is 21.3 Å². The van der Waals surface area contributed by atoms with Crippen LogP contribution in [0, 0.1) is 6.92 Å². The SMILES string of the molecule is Cc1ccc(-c2nc(NN=Cc3cc(Br)ccc3O)c3ccccc3n2)cc1. The van der Waals surface area contributed by atoms with Crippen LogP contribution in [0.4, 0.5) is 5.82 Å². The topological polar surface area (TPSA) is 70.4 Å². The third-order valence-corrected chi connectivity index (χ3v) is 4.77. The minimum atomic E-state index is 0.154. The van der Waals surface area contributed by atoms with Crippen molar-refractivity contribution >= 4 is 38.9 Å². The van der Waals surface area contributed by atoms with Crippen LogP contribution in [-0.2, 0) is 0 Å². The highest BCUT2D eigenvalue weighted by Gasteiger charge is 2.09. The molecule has 0 aliphatic heterocycles. The molecule has 0 aliphatic rings. The molecule has 0 aliphatic carbocycles. The quantitative estimate of drug-likeness (QED) is 0.329. The number of hydrogen-bond donors (Lipinski definition) is 2. The van der Waals surface area contributed by atoms with Gasteiger partial charge in [0.25, 0.3) is 0 Å². The van der Waals surface area contributed by atoms with Gasteiger partial charge in [-0.15, -0.1) is 0 Å². The van der Waals surface area contributed by atoms with E-state index in [4.69, 9.17) is 0 Å². The summed E-state index contributed by atoms with van der Waals surface area (Å²) in [5, 5.41) is 15.1. The molecular formula is C22H17BrN4O. The molecule has 1 aromatic heterocycles. The van der Waals surface area contributed by atoms with Crippen molar-refractivity contribution in [3.8, 4) is 17.1 Å². The van der Waals surface area contributed by atoms with Gasteiger partial charge in [-0.1, -0.05) is 57.9 Å². The van der Waals surface area contributed by atoms with Gasteiger partial charge in [0.1, 0.15) is 5.75 Å². The van der Waals surface area contributed by atoms with Crippen molar-refractivity contribution in [2.45, 2.75) is 6.92 Å². The van der Waals surface area contributed by atoms with E-state index in [1.54, 1.807) is 24.4 Å². The Labute approximate surface area is 170 Å². The lowest BCUT2D eigenvalue weighted by atomic mass is 10.1. The van der Waals surface area contributed by atoms with E-state index in [1.165, 1.54) is 5.56 Å². The van der Waals surface area contributed by atoms with Crippen molar-refractivity contribution in [1.29, 1.82) is 0 Å². The number of anilines is 1. The van der Waals surface area contributed by atoms with Crippen LogP contribution in [0.2, 0.25) is 0 Å². The highest BCUT2D eigenvalue weighted by molar-refractivity contribution is 9.10. The number of hydrazone groups is 1. The zero-order valence-electron chi connectivity index (χ0n) is 15.1. The van der Waals surface area contributed by atoms with Crippen LogP contribution >= 0.6 is 15.9 Å². The second kappa shape index (κ2) is 7.78. The molecule has 5 nitrogen and oxygen atoms in total. The van der Waals surface area contributed by atoms with Crippen molar-refractivity contribution in [1.82, 2.24) is 9.97 Å². The Morgan fingerprint density at radius 1 is 1.00 bits per heavy atom. The van der Waals surface area contributed by atoms with Gasteiger partial charge in [0.05, 0.1) is 11.7 Å². The predicted octanol–water partition coefficient (Wildman–Crippen LogP) is 5.52. The number of benzene rings is 3. The molecule has 0 bridgehead atoms. The Balaban J connectivity index is 1.72. The molecule has 6 heteroatoms. The number of nitrogens with zero attached hydrogens (tertiary/aromatic N) is 3. The minimum absolute atomic E-state index is 0.154. The number of hydrogen-bond acceptors (Lipinski definition) is 5. The second-order valence-corrected chi connectivity index (χ2v) is 7.27. The number of fused-ring (bicyclic) bond motifs is 1. The van der Waals surface area contributed by atoms with Crippen molar-refractivity contribution in [3.05, 3.63) is 82.3 Å². The maximum absolute atomic E-state index is 9.95. The monoisotopic (exact) mass is 432 g/mol. The predicted molar refractivity (Wildman–Crippen MR) is 117 cm³/mol. The molecule has 3 aromatic carbocycles. The molecule has 0 spiro atoms. The fraction of sp³-hybridized carbons (Fsp3) is 0.0455. The molecule has 4 aromatic rings. The van der Waals surface area contributed by atoms with Gasteiger partial charge in [0, 0.05) is 21.0 Å². The lowest BCUT2D eigenvalue weighted by Crippen LogP contribution is -1.99. The average molecular weight is 433 g/mol. The fourth-order valence-electron chi connectivity index (χ4n) is 2.79. The first-order valence-electron chi connectivity index (χ1n) is 8.71. The molecule has 0 fully saturated rings. The third kappa shape index (κ3) is 3.87. The summed E-state index contributed by atoms with van der Waals surface area (Å²) >= 11 is 3.39. The first kappa shape index (κ1) is 18.1. The summed E-state index contributed by atoms with van der Waals surface area (Å²) in [5.74, 6) is 1.38. The molecule has 0 amide bonds. The van der Waals surface area contributed by atoms with Crippen molar-refractivity contribution in [2.75, 3.05) is 5.43 Å². The number of nitrogens with one attached hydrogen (secondary N) is 1. The van der Waals surface area contributed by atoms with E-state index in [1.807, 2.05) is 55.5 Å².